The molecule has 2 unspecified atom stereocenters. The van der Waals surface area contributed by atoms with E-state index in [0.717, 1.165) is 122 Å². The topological polar surface area (TPSA) is 529 Å². The van der Waals surface area contributed by atoms with E-state index in [1.54, 1.807) is 20.9 Å². The third-order valence-corrected chi connectivity index (χ3v) is 27.2. The first-order valence-electron chi connectivity index (χ1n) is 42.8. The molecule has 9 aromatic rings. The minimum Gasteiger partial charge on any atom is -0.457 e. The number of nitrogens with two attached hydrogens (primary N) is 4. The van der Waals surface area contributed by atoms with Crippen LogP contribution in [-0.2, 0) is 131 Å². The Morgan fingerprint density at radius 2 is 0.705 bits per heavy atom. The van der Waals surface area contributed by atoms with Crippen LogP contribution in [0, 0.1) is 52.4 Å². The molecule has 0 aliphatic carbocycles. The molecule has 0 spiro atoms. The summed E-state index contributed by atoms with van der Waals surface area (Å²) in [6, 6.07) is 13.8. The van der Waals surface area contributed by atoms with Crippen LogP contribution in [-0.4, -0.2) is 181 Å². The second kappa shape index (κ2) is 47.0. The molecular weight excluding hydrogens is 1770 g/mol. The molecule has 8 amide bonds. The number of carbonyl (C=O) groups excluding carboxylic acids is 15. The van der Waals surface area contributed by atoms with Gasteiger partial charge in [0.1, 0.15) is 44.2 Å². The summed E-state index contributed by atoms with van der Waals surface area (Å²) in [4.78, 5) is 218. The number of esters is 1. The molecule has 35 nitrogen and oxygen atoms in total. The Bertz CT molecular complexity index is 5600. The van der Waals surface area contributed by atoms with Gasteiger partial charge in [0.25, 0.3) is 0 Å². The zero-order valence-corrected chi connectivity index (χ0v) is 81.1. The Hall–Kier alpha value is -12.5. The molecule has 39 heteroatoms. The highest BCUT2D eigenvalue weighted by atomic mass is 32.1. The Balaban J connectivity index is 0.000000235. The Labute approximate surface area is 781 Å². The van der Waals surface area contributed by atoms with Gasteiger partial charge in [-0.05, 0) is 149 Å². The molecule has 4 saturated heterocycles. The molecule has 0 bridgehead atoms. The zero-order chi connectivity index (χ0) is 98.4. The summed E-state index contributed by atoms with van der Waals surface area (Å²) in [6.07, 6.45) is 13.2. The van der Waals surface area contributed by atoms with Crippen molar-refractivity contribution in [2.75, 3.05) is 26.2 Å². The van der Waals surface area contributed by atoms with Crippen molar-refractivity contribution in [3.8, 4) is 41.8 Å². The number of likely N-dealkylation sites (tertiary alicyclic amines) is 4. The van der Waals surface area contributed by atoms with Crippen LogP contribution in [0.2, 0.25) is 0 Å². The second-order valence-electron chi connectivity index (χ2n) is 36.3. The highest BCUT2D eigenvalue weighted by Gasteiger charge is 2.44. The Kier molecular flexibility index (Phi) is 38.0. The molecule has 4 aliphatic rings. The van der Waals surface area contributed by atoms with Crippen molar-refractivity contribution in [2.45, 2.75) is 255 Å². The van der Waals surface area contributed by atoms with Gasteiger partial charge in [0, 0.05) is 95.4 Å². The van der Waals surface area contributed by atoms with E-state index in [2.05, 4.69) is 155 Å². The first-order valence-corrected chi connectivity index (χ1v) is 46.0. The lowest BCUT2D eigenvalue weighted by Gasteiger charge is -2.21. The van der Waals surface area contributed by atoms with E-state index in [4.69, 9.17) is 65.3 Å². The Morgan fingerprint density at radius 3 is 0.970 bits per heavy atom. The van der Waals surface area contributed by atoms with Gasteiger partial charge in [0.05, 0.1) is 73.9 Å². The first kappa shape index (κ1) is 107. The van der Waals surface area contributed by atoms with E-state index in [-0.39, 0.29) is 121 Å². The number of hydrogen-bond donors (Lipinski definition) is 4. The number of aromatic nitrogens is 8. The van der Waals surface area contributed by atoms with E-state index < -0.39 is 65.5 Å². The van der Waals surface area contributed by atoms with Gasteiger partial charge in [-0.15, -0.1) is 45.3 Å². The van der Waals surface area contributed by atoms with Crippen molar-refractivity contribution in [3.63, 3.8) is 0 Å². The van der Waals surface area contributed by atoms with Gasteiger partial charge in [-0.3, -0.25) is 63.1 Å². The van der Waals surface area contributed by atoms with Crippen LogP contribution in [0.5, 0.6) is 0 Å². The van der Waals surface area contributed by atoms with Crippen LogP contribution in [0.1, 0.15) is 219 Å². The lowest BCUT2D eigenvalue weighted by Crippen LogP contribution is -2.44. The number of aryl methyl sites for hydroxylation is 5. The number of pyridine rings is 4. The number of primary amides is 4. The number of amides is 8. The maximum atomic E-state index is 13.2. The molecular formula is C93H116N16O19S4. The molecule has 8 N–H and O–H groups in total. The Morgan fingerprint density at radius 1 is 0.424 bits per heavy atom. The summed E-state index contributed by atoms with van der Waals surface area (Å²) in [5.74, 6) is -3.86. The van der Waals surface area contributed by atoms with Gasteiger partial charge in [0.15, 0.2) is 18.1 Å². The molecule has 132 heavy (non-hydrogen) atoms. The molecule has 13 heterocycles. The molecule has 4 aliphatic heterocycles. The average Bonchev–Trinajstić information content (AvgIpc) is 1.64. The highest BCUT2D eigenvalue weighted by molar-refractivity contribution is 7.16. The van der Waals surface area contributed by atoms with Crippen LogP contribution in [0.3, 0.4) is 0 Å². The number of nitrogens with zero attached hydrogens (tertiary/aromatic N) is 12. The number of thiazole rings is 4. The van der Waals surface area contributed by atoms with Gasteiger partial charge >= 0.3 is 30.2 Å². The van der Waals surface area contributed by atoms with E-state index >= 15 is 0 Å². The fourth-order valence-electron chi connectivity index (χ4n) is 15.2. The van der Waals surface area contributed by atoms with Gasteiger partial charge in [-0.2, -0.15) is 28.8 Å². The van der Waals surface area contributed by atoms with Gasteiger partial charge in [0.2, 0.25) is 47.3 Å². The minimum atomic E-state index is -0.941. The molecule has 706 valence electrons. The van der Waals surface area contributed by atoms with E-state index in [1.165, 1.54) is 57.2 Å². The van der Waals surface area contributed by atoms with Crippen molar-refractivity contribution in [3.05, 3.63) is 161 Å². The quantitative estimate of drug-likeness (QED) is 0.0485. The van der Waals surface area contributed by atoms with E-state index in [9.17, 15) is 47.9 Å². The zero-order valence-electron chi connectivity index (χ0n) is 77.8. The van der Waals surface area contributed by atoms with Crippen molar-refractivity contribution in [1.29, 1.82) is 0 Å². The average molecular weight is 1890 g/mol. The minimum absolute atomic E-state index is 0.0178. The number of rotatable bonds is 21. The predicted molar refractivity (Wildman–Crippen MR) is 490 cm³/mol. The molecule has 9 aromatic heterocycles. The van der Waals surface area contributed by atoms with E-state index in [0.29, 0.717) is 55.7 Å². The van der Waals surface area contributed by atoms with E-state index in [1.807, 2.05) is 76.6 Å². The van der Waals surface area contributed by atoms with Crippen LogP contribution in [0.15, 0.2) is 86.9 Å². The summed E-state index contributed by atoms with van der Waals surface area (Å²) in [7, 11) is 0. The summed E-state index contributed by atoms with van der Waals surface area (Å²) in [5, 5.41) is 2.88. The fourth-order valence-corrected chi connectivity index (χ4v) is 19.4. The standard InChI is InChI=1S/C26H30N4O7S.2C22H30N4O2S.C20H26N4O2S.3CO2/c1-13-22(15-6-7-28-19(9-15)26(3,4)5)38-20(29-13)10-21(31)30-11-16(8-17(30)23(27)32)24(33)35-12-18-14(2)36-25(34)37-18;2*1-6-14-9-16(21(23)28)26(12-14)19(27)11-18-25-13(2)20(29-18)15-7-8-24-17(10-15)22(3,4)5;1-12-18(13-7-8-22-15(10-13)20(2,3)4)27-16(23-12)11-17(25)24-9-5-6-14(24)19(21)26;3*2-1-3/h6-7,9,16-17H,8,10-12H2,1-5H3,(H2,27,32);2*7-8,10,14,16H,6,9,11-12H2,1-5H3,(H2,23,28);7-8,10,14H,5-6,9,11H2,1-4H3,(H2,21,26);;;/t16-,17+;2*14?,16-;14-;;;/m1000.../s1. The van der Waals surface area contributed by atoms with Crippen molar-refractivity contribution >= 4 is 117 Å². The number of ether oxygens (including phenoxy) is 1. The van der Waals surface area contributed by atoms with Crippen LogP contribution in [0.4, 0.5) is 0 Å². The summed E-state index contributed by atoms with van der Waals surface area (Å²) >= 11 is 6.00. The van der Waals surface area contributed by atoms with Crippen LogP contribution < -0.4 is 28.8 Å². The highest BCUT2D eigenvalue weighted by Crippen LogP contribution is 2.40. The van der Waals surface area contributed by atoms with Crippen LogP contribution in [0.25, 0.3) is 41.8 Å². The van der Waals surface area contributed by atoms with Gasteiger partial charge < -0.3 is 56.1 Å². The molecule has 4 fully saturated rings. The number of carbonyl (C=O) groups is 9. The lowest BCUT2D eigenvalue weighted by molar-refractivity contribution is -0.193. The smallest absolute Gasteiger partial charge is 0.457 e. The number of hydrogen-bond acceptors (Lipinski definition) is 31. The van der Waals surface area contributed by atoms with Crippen molar-refractivity contribution in [2.24, 2.45) is 40.7 Å². The molecule has 13 rings (SSSR count). The molecule has 0 saturated carbocycles. The maximum Gasteiger partial charge on any atom is 0.519 e. The third-order valence-electron chi connectivity index (χ3n) is 22.3. The lowest BCUT2D eigenvalue weighted by atomic mass is 9.90. The summed E-state index contributed by atoms with van der Waals surface area (Å²) in [6.45, 7) is 40.4. The molecule has 0 radical (unpaired) electrons. The molecule has 7 atom stereocenters. The third kappa shape index (κ3) is 29.0. The predicted octanol–water partition coefficient (Wildman–Crippen LogP) is 10.7. The maximum absolute atomic E-state index is 13.2. The summed E-state index contributed by atoms with van der Waals surface area (Å²) in [5.41, 5.74) is 33.5. The SMILES string of the molecule is CCC1C[C@@H](C(N)=O)N(C(=O)Cc2nc(C)c(-c3ccnc(C(C)(C)C)c3)s2)C1.CCC1C[C@@H](C(N)=O)N(C(=O)Cc2nc(C)c(-c3ccnc(C(C)(C)C)c3)s2)C1.Cc1nc(CC(=O)N2CCC[C@H]2C(N)=O)sc1-c1ccnc(C(C)(C)C)c1.Cc1nc(CC(=O)N2C[C@H](C(=O)OCc3oc(=O)oc3C)C[C@H]2C(N)=O)sc1-c1ccnc(C(C)(C)C)c1.O=C=O.O=C=O.O=C=O. The normalized spacial score (nSPS) is 17.4. The molecule has 0 aromatic carbocycles. The van der Waals surface area contributed by atoms with Crippen molar-refractivity contribution < 1.29 is 85.5 Å². The first-order chi connectivity index (χ1) is 61.9. The largest absolute Gasteiger partial charge is 0.519 e. The van der Waals surface area contributed by atoms with Crippen molar-refractivity contribution in [1.82, 2.24) is 59.5 Å². The van der Waals surface area contributed by atoms with Gasteiger partial charge in [-0.1, -0.05) is 110 Å². The summed E-state index contributed by atoms with van der Waals surface area (Å²) < 4.78 is 14.8. The fraction of sp³-hybridized carbons (Fsp3) is 0.495. The monoisotopic (exact) mass is 1890 g/mol. The van der Waals surface area contributed by atoms with Crippen LogP contribution >= 0.6 is 45.3 Å². The van der Waals surface area contributed by atoms with Gasteiger partial charge in [-0.25, -0.2) is 24.7 Å². The second-order valence-corrected chi connectivity index (χ2v) is 40.6.